The quantitative estimate of drug-likeness (QED) is 0.0447. The van der Waals surface area contributed by atoms with Gasteiger partial charge in [0.15, 0.2) is 5.82 Å². The highest BCUT2D eigenvalue weighted by molar-refractivity contribution is 7.17. The van der Waals surface area contributed by atoms with E-state index in [0.29, 0.717) is 107 Å². The number of methoxy groups -OCH3 is 1. The number of nitrogens with zero attached hydrogens (tertiary/aromatic N) is 14. The summed E-state index contributed by atoms with van der Waals surface area (Å²) in [4.78, 5) is 101. The fraction of sp³-hybridized carbons (Fsp3) is 0.299. The number of fused-ring (bicyclic) bond motifs is 4. The van der Waals surface area contributed by atoms with Crippen LogP contribution < -0.4 is 15.1 Å². The Kier molecular flexibility index (Phi) is 19.6. The number of ether oxygens (including phenoxy) is 1. The highest BCUT2D eigenvalue weighted by Gasteiger charge is 2.33. The molecule has 97 heavy (non-hydrogen) atoms. The molecule has 0 unspecified atom stereocenters. The zero-order valence-electron chi connectivity index (χ0n) is 53.4. The number of anilines is 4. The number of carboxylic acid groups (broad SMARTS) is 3. The van der Waals surface area contributed by atoms with Crippen molar-refractivity contribution in [1.29, 1.82) is 0 Å². The number of pyridine rings is 1. The first-order valence-corrected chi connectivity index (χ1v) is 32.3. The number of carbonyl (C=O) groups excluding carboxylic acids is 3. The summed E-state index contributed by atoms with van der Waals surface area (Å²) >= 11 is 1.19. The van der Waals surface area contributed by atoms with Gasteiger partial charge in [-0.05, 0) is 55.3 Å². The number of hydrogen-bond donors (Lipinski definition) is 8. The van der Waals surface area contributed by atoms with Crippen molar-refractivity contribution in [2.75, 3.05) is 35.4 Å². The van der Waals surface area contributed by atoms with Gasteiger partial charge in [-0.25, -0.2) is 29.3 Å². The van der Waals surface area contributed by atoms with Gasteiger partial charge in [0.2, 0.25) is 29.6 Å². The van der Waals surface area contributed by atoms with Crippen molar-refractivity contribution >= 4 is 70.5 Å². The van der Waals surface area contributed by atoms with Crippen molar-refractivity contribution < 1.29 is 48.8 Å². The van der Waals surface area contributed by atoms with E-state index in [2.05, 4.69) is 83.0 Å². The van der Waals surface area contributed by atoms with Crippen molar-refractivity contribution in [3.8, 4) is 44.5 Å². The molecule has 15 rings (SSSR count). The fourth-order valence-corrected chi connectivity index (χ4v) is 13.0. The lowest BCUT2D eigenvalue weighted by atomic mass is 10.1. The molecule has 5 aliphatic heterocycles. The maximum Gasteiger partial charge on any atom is 0.345 e. The van der Waals surface area contributed by atoms with Crippen molar-refractivity contribution in [3.05, 3.63) is 171 Å². The second-order valence-electron chi connectivity index (χ2n) is 23.3. The van der Waals surface area contributed by atoms with Gasteiger partial charge >= 0.3 is 17.9 Å². The number of aromatic nitrogens is 13. The number of H-pyrrole nitrogens is 4. The molecular formula is C67H69N19O10S. The SMILES string of the molecule is CCC(=O)N1Cc2[nH]nc(-c3ccc(C(=O)O)cc3)c2C1.CCC(=O)N1Cc2[nH]nc(-c3ccc(C(=O)O)cn3)c2C1.CCC(=O)N1Cc2[nH]nc(-c3ccc(C(=O)O)s3)c2C1.COC[C@@H]1CCCN1c1nc(Nc2n[nH]c3c2CN(c2ncccn2)C3)cc(-c2ccccc2)n1. The lowest BCUT2D eigenvalue weighted by molar-refractivity contribution is -0.132. The number of carbonyl (C=O) groups is 6. The molecule has 0 radical (unpaired) electrons. The predicted molar refractivity (Wildman–Crippen MR) is 356 cm³/mol. The van der Waals surface area contributed by atoms with Crippen LogP contribution in [0.25, 0.3) is 44.5 Å². The topological polar surface area (TPSA) is 380 Å². The highest BCUT2D eigenvalue weighted by Crippen LogP contribution is 2.37. The van der Waals surface area contributed by atoms with Crippen molar-refractivity contribution in [1.82, 2.24) is 80.4 Å². The summed E-state index contributed by atoms with van der Waals surface area (Å²) < 4.78 is 5.46. The Balaban J connectivity index is 0.000000128. The number of carboxylic acids is 3. The van der Waals surface area contributed by atoms with E-state index in [0.717, 1.165) is 103 Å². The lowest BCUT2D eigenvalue weighted by Crippen LogP contribution is -2.34. The Labute approximate surface area is 559 Å². The van der Waals surface area contributed by atoms with Gasteiger partial charge in [0, 0.05) is 91.0 Å². The molecule has 5 aliphatic rings. The third-order valence-electron chi connectivity index (χ3n) is 17.1. The second kappa shape index (κ2) is 29.0. The zero-order valence-corrected chi connectivity index (χ0v) is 54.3. The van der Waals surface area contributed by atoms with E-state index < -0.39 is 17.9 Å². The zero-order chi connectivity index (χ0) is 67.9. The number of hydrogen-bond acceptors (Lipinski definition) is 20. The highest BCUT2D eigenvalue weighted by atomic mass is 32.1. The number of amides is 3. The van der Waals surface area contributed by atoms with Crippen LogP contribution in [0.4, 0.5) is 23.5 Å². The van der Waals surface area contributed by atoms with E-state index in [-0.39, 0.29) is 39.8 Å². The van der Waals surface area contributed by atoms with Gasteiger partial charge in [0.05, 0.1) is 121 Å². The number of benzene rings is 2. The van der Waals surface area contributed by atoms with Crippen LogP contribution in [0.5, 0.6) is 0 Å². The maximum atomic E-state index is 11.8. The summed E-state index contributed by atoms with van der Waals surface area (Å²) in [5.41, 5.74) is 13.9. The number of nitrogens with one attached hydrogen (secondary N) is 5. The molecule has 30 heteroatoms. The number of aromatic amines is 4. The Morgan fingerprint density at radius 1 is 0.557 bits per heavy atom. The molecule has 8 N–H and O–H groups in total. The molecule has 13 heterocycles. The Morgan fingerprint density at radius 2 is 1.13 bits per heavy atom. The summed E-state index contributed by atoms with van der Waals surface area (Å²) in [5.74, 6) is 0.310. The van der Waals surface area contributed by atoms with Gasteiger partial charge in [-0.2, -0.15) is 25.4 Å². The minimum Gasteiger partial charge on any atom is -0.478 e. The second-order valence-corrected chi connectivity index (χ2v) is 24.4. The van der Waals surface area contributed by atoms with Crippen LogP contribution in [0.1, 0.15) is 128 Å². The van der Waals surface area contributed by atoms with Crippen LogP contribution in [0.3, 0.4) is 0 Å². The summed E-state index contributed by atoms with van der Waals surface area (Å²) in [7, 11) is 1.74. The summed E-state index contributed by atoms with van der Waals surface area (Å²) in [6, 6.07) is 27.3. The van der Waals surface area contributed by atoms with E-state index in [4.69, 9.17) is 30.0 Å². The molecule has 29 nitrogen and oxygen atoms in total. The van der Waals surface area contributed by atoms with E-state index in [1.807, 2.05) is 51.1 Å². The van der Waals surface area contributed by atoms with Gasteiger partial charge in [-0.1, -0.05) is 63.2 Å². The monoisotopic (exact) mass is 1330 g/mol. The van der Waals surface area contributed by atoms with Gasteiger partial charge in [0.1, 0.15) is 22.1 Å². The molecule has 2 aromatic carbocycles. The van der Waals surface area contributed by atoms with Crippen molar-refractivity contribution in [2.24, 2.45) is 0 Å². The Morgan fingerprint density at radius 3 is 1.71 bits per heavy atom. The van der Waals surface area contributed by atoms with Gasteiger partial charge in [-0.15, -0.1) is 11.3 Å². The van der Waals surface area contributed by atoms with Crippen LogP contribution >= 0.6 is 11.3 Å². The molecule has 8 aromatic heterocycles. The van der Waals surface area contributed by atoms with E-state index in [1.54, 1.807) is 76.7 Å². The minimum atomic E-state index is -1.01. The van der Waals surface area contributed by atoms with Gasteiger partial charge in [-0.3, -0.25) is 39.8 Å². The average molecular weight is 1330 g/mol. The molecule has 498 valence electrons. The van der Waals surface area contributed by atoms with Crippen molar-refractivity contribution in [3.63, 3.8) is 0 Å². The standard InChI is InChI=1S/C25H27N9O.C15H15N3O3.C14H14N4O3.C13H13N3O3S/c1-35-16-18-9-5-12-34(18)25-28-20(17-7-3-2-4-8-17)13-22(30-25)29-23-19-14-33(15-21(19)31-32-23)24-26-10-6-11-27-24;1-2-13(19)18-7-11-12(8-18)16-17-14(11)9-3-5-10(6-4-9)15(20)21;1-2-12(19)18-6-9-11(7-18)16-17-13(9)10-4-3-8(5-15-10)14(20)21;1-2-11(17)16-5-7-8(6-16)14-15-12(7)9-3-4-10(20-9)13(18)19/h2-4,6-8,10-11,13,18H,5,9,12,14-16H2,1H3,(H2,28,29,30,31,32);3-6H,2,7-8H2,1H3,(H,16,17)(H,20,21);3-5H,2,6-7H2,1H3,(H,16,17)(H,20,21);3-4H,2,5-6H2,1H3,(H,14,15)(H,18,19)/t18-;;;/m0.../s1. The summed E-state index contributed by atoms with van der Waals surface area (Å²) in [5, 5.41) is 59.5. The van der Waals surface area contributed by atoms with Crippen LogP contribution in [-0.4, -0.2) is 158 Å². The average Bonchev–Trinajstić information content (AvgIpc) is 1.68. The maximum absolute atomic E-state index is 11.8. The molecule has 1 atom stereocenters. The summed E-state index contributed by atoms with van der Waals surface area (Å²) in [6.07, 6.45) is 8.43. The van der Waals surface area contributed by atoms with Crippen LogP contribution in [-0.2, 0) is 71.5 Å². The predicted octanol–water partition coefficient (Wildman–Crippen LogP) is 9.07. The number of rotatable bonds is 16. The molecule has 0 bridgehead atoms. The molecule has 0 aliphatic carbocycles. The smallest absolute Gasteiger partial charge is 0.345 e. The van der Waals surface area contributed by atoms with Crippen molar-refractivity contribution in [2.45, 2.75) is 111 Å². The largest absolute Gasteiger partial charge is 0.478 e. The third-order valence-corrected chi connectivity index (χ3v) is 18.2. The number of thiophene rings is 1. The first-order valence-electron chi connectivity index (χ1n) is 31.5. The Hall–Kier alpha value is -11.5. The normalized spacial score (nSPS) is 14.7. The van der Waals surface area contributed by atoms with Crippen LogP contribution in [0.15, 0.2) is 110 Å². The van der Waals surface area contributed by atoms with Crippen LogP contribution in [0.2, 0.25) is 0 Å². The Bertz CT molecular complexity index is 4390. The molecule has 1 fully saturated rings. The van der Waals surface area contributed by atoms with E-state index >= 15 is 0 Å². The number of aromatic carboxylic acids is 3. The first kappa shape index (κ1) is 65.5. The molecule has 10 aromatic rings. The lowest BCUT2D eigenvalue weighted by Gasteiger charge is -2.25. The first-order chi connectivity index (χ1) is 47.1. The van der Waals surface area contributed by atoms with Gasteiger partial charge in [0.25, 0.3) is 0 Å². The summed E-state index contributed by atoms with van der Waals surface area (Å²) in [6.45, 7) is 11.7. The van der Waals surface area contributed by atoms with Gasteiger partial charge < -0.3 is 49.9 Å². The fourth-order valence-electron chi connectivity index (χ4n) is 12.1. The van der Waals surface area contributed by atoms with E-state index in [1.165, 1.54) is 23.6 Å². The van der Waals surface area contributed by atoms with E-state index in [9.17, 15) is 28.8 Å². The minimum absolute atomic E-state index is 0.0970. The molecule has 1 saturated heterocycles. The molecular weight excluding hydrogens is 1260 g/mol. The molecule has 3 amide bonds. The molecule has 0 saturated carbocycles. The third kappa shape index (κ3) is 14.3. The van der Waals surface area contributed by atoms with Crippen LogP contribution in [0, 0.1) is 0 Å². The molecule has 0 spiro atoms.